The number of esters is 1. The van der Waals surface area contributed by atoms with Gasteiger partial charge in [-0.05, 0) is 47.5 Å². The standard InChI is InChI=1S/C20H36N2O5/c1-19(2,3)27-18(25)22-14-13-21(15-20(22,4)5)16(23)11-9-7-8-10-12-17(24)26-6/h7-15H2,1-6H3. The Morgan fingerprint density at radius 3 is 2.07 bits per heavy atom. The Morgan fingerprint density at radius 1 is 0.963 bits per heavy atom. The molecule has 1 rings (SSSR count). The van der Waals surface area contributed by atoms with Crippen molar-refractivity contribution in [3.63, 3.8) is 0 Å². The molecular weight excluding hydrogens is 348 g/mol. The van der Waals surface area contributed by atoms with Gasteiger partial charge in [0.2, 0.25) is 5.91 Å². The minimum Gasteiger partial charge on any atom is -0.469 e. The molecule has 0 radical (unpaired) electrons. The first-order valence-electron chi connectivity index (χ1n) is 9.81. The molecule has 2 amide bonds. The lowest BCUT2D eigenvalue weighted by atomic mass is 9.98. The van der Waals surface area contributed by atoms with Crippen LogP contribution in [0.1, 0.15) is 73.1 Å². The van der Waals surface area contributed by atoms with Crippen LogP contribution in [0.3, 0.4) is 0 Å². The van der Waals surface area contributed by atoms with Gasteiger partial charge in [0.05, 0.1) is 12.6 Å². The van der Waals surface area contributed by atoms with Gasteiger partial charge in [-0.1, -0.05) is 12.8 Å². The number of hydrogen-bond donors (Lipinski definition) is 0. The van der Waals surface area contributed by atoms with E-state index in [1.54, 1.807) is 4.90 Å². The number of piperazine rings is 1. The summed E-state index contributed by atoms with van der Waals surface area (Å²) >= 11 is 0. The summed E-state index contributed by atoms with van der Waals surface area (Å²) in [6.07, 6.45) is 4.05. The number of nitrogens with zero attached hydrogens (tertiary/aromatic N) is 2. The Hall–Kier alpha value is -1.79. The van der Waals surface area contributed by atoms with Crippen LogP contribution in [-0.4, -0.2) is 65.7 Å². The van der Waals surface area contributed by atoms with Gasteiger partial charge in [0.15, 0.2) is 0 Å². The number of carbonyl (C=O) groups excluding carboxylic acids is 3. The molecule has 1 fully saturated rings. The van der Waals surface area contributed by atoms with Gasteiger partial charge in [-0.2, -0.15) is 0 Å². The quantitative estimate of drug-likeness (QED) is 0.497. The van der Waals surface area contributed by atoms with Crippen LogP contribution in [0, 0.1) is 0 Å². The Kier molecular flexibility index (Phi) is 8.57. The van der Waals surface area contributed by atoms with Gasteiger partial charge in [0.25, 0.3) is 0 Å². The van der Waals surface area contributed by atoms with Crippen LogP contribution < -0.4 is 0 Å². The number of carbonyl (C=O) groups is 3. The van der Waals surface area contributed by atoms with Crippen molar-refractivity contribution in [1.29, 1.82) is 0 Å². The van der Waals surface area contributed by atoms with Gasteiger partial charge in [0.1, 0.15) is 5.60 Å². The minimum absolute atomic E-state index is 0.125. The molecule has 0 aromatic rings. The highest BCUT2D eigenvalue weighted by Crippen LogP contribution is 2.24. The van der Waals surface area contributed by atoms with Gasteiger partial charge in [0, 0.05) is 32.5 Å². The lowest BCUT2D eigenvalue weighted by Crippen LogP contribution is -2.62. The normalized spacial score (nSPS) is 16.8. The molecule has 0 bridgehead atoms. The SMILES string of the molecule is COC(=O)CCCCCCC(=O)N1CCN(C(=O)OC(C)(C)C)C(C)(C)C1. The van der Waals surface area contributed by atoms with Crippen molar-refractivity contribution in [3.05, 3.63) is 0 Å². The lowest BCUT2D eigenvalue weighted by Gasteiger charge is -2.47. The third-order valence-electron chi connectivity index (χ3n) is 4.62. The predicted molar refractivity (Wildman–Crippen MR) is 103 cm³/mol. The fourth-order valence-electron chi connectivity index (χ4n) is 3.18. The summed E-state index contributed by atoms with van der Waals surface area (Å²) in [5.41, 5.74) is -0.995. The maximum absolute atomic E-state index is 12.5. The topological polar surface area (TPSA) is 76.2 Å². The first-order valence-corrected chi connectivity index (χ1v) is 9.81. The highest BCUT2D eigenvalue weighted by Gasteiger charge is 2.40. The molecule has 1 aliphatic rings. The van der Waals surface area contributed by atoms with Crippen molar-refractivity contribution >= 4 is 18.0 Å². The third kappa shape index (κ3) is 8.18. The summed E-state index contributed by atoms with van der Waals surface area (Å²) in [5.74, 6) is -0.0592. The largest absolute Gasteiger partial charge is 0.469 e. The Morgan fingerprint density at radius 2 is 1.56 bits per heavy atom. The van der Waals surface area contributed by atoms with Gasteiger partial charge in [-0.15, -0.1) is 0 Å². The van der Waals surface area contributed by atoms with E-state index >= 15 is 0 Å². The fourth-order valence-corrected chi connectivity index (χ4v) is 3.18. The van der Waals surface area contributed by atoms with Crippen LogP contribution in [0.2, 0.25) is 0 Å². The highest BCUT2D eigenvalue weighted by atomic mass is 16.6. The average Bonchev–Trinajstić information content (AvgIpc) is 2.54. The summed E-state index contributed by atoms with van der Waals surface area (Å²) < 4.78 is 10.1. The molecule has 1 heterocycles. The molecule has 0 saturated carbocycles. The van der Waals surface area contributed by atoms with Gasteiger partial charge in [-0.25, -0.2) is 4.79 Å². The summed E-state index contributed by atoms with van der Waals surface area (Å²) in [4.78, 5) is 39.5. The molecule has 0 aliphatic carbocycles. The molecule has 1 aliphatic heterocycles. The van der Waals surface area contributed by atoms with Gasteiger partial charge >= 0.3 is 12.1 Å². The average molecular weight is 385 g/mol. The van der Waals surface area contributed by atoms with Crippen LogP contribution in [0.15, 0.2) is 0 Å². The van der Waals surface area contributed by atoms with Crippen LogP contribution >= 0.6 is 0 Å². The van der Waals surface area contributed by atoms with Crippen molar-refractivity contribution in [1.82, 2.24) is 9.80 Å². The van der Waals surface area contributed by atoms with Crippen LogP contribution in [-0.2, 0) is 19.1 Å². The van der Waals surface area contributed by atoms with E-state index in [1.807, 2.05) is 39.5 Å². The molecule has 0 aromatic carbocycles. The molecule has 0 aromatic heterocycles. The lowest BCUT2D eigenvalue weighted by molar-refractivity contribution is -0.140. The Bertz CT molecular complexity index is 525. The molecule has 0 unspecified atom stereocenters. The van der Waals surface area contributed by atoms with E-state index in [4.69, 9.17) is 4.74 Å². The number of hydrogen-bond acceptors (Lipinski definition) is 5. The van der Waals surface area contributed by atoms with E-state index in [-0.39, 0.29) is 18.0 Å². The van der Waals surface area contributed by atoms with Crippen LogP contribution in [0.5, 0.6) is 0 Å². The second-order valence-electron chi connectivity index (χ2n) is 8.75. The first kappa shape index (κ1) is 23.2. The zero-order chi connectivity index (χ0) is 20.7. The molecule has 7 heteroatoms. The van der Waals surface area contributed by atoms with Crippen LogP contribution in [0.25, 0.3) is 0 Å². The molecule has 0 spiro atoms. The molecule has 0 atom stereocenters. The zero-order valence-electron chi connectivity index (χ0n) is 17.8. The van der Waals surface area contributed by atoms with E-state index in [9.17, 15) is 14.4 Å². The van der Waals surface area contributed by atoms with E-state index in [0.717, 1.165) is 25.7 Å². The molecule has 27 heavy (non-hydrogen) atoms. The van der Waals surface area contributed by atoms with E-state index in [1.165, 1.54) is 7.11 Å². The Labute approximate surface area is 163 Å². The maximum Gasteiger partial charge on any atom is 0.410 e. The predicted octanol–water partition coefficient (Wildman–Crippen LogP) is 3.36. The van der Waals surface area contributed by atoms with Crippen molar-refractivity contribution < 1.29 is 23.9 Å². The Balaban J connectivity index is 2.38. The maximum atomic E-state index is 12.5. The smallest absolute Gasteiger partial charge is 0.410 e. The summed E-state index contributed by atoms with van der Waals surface area (Å²) in [5, 5.41) is 0. The van der Waals surface area contributed by atoms with Crippen LogP contribution in [0.4, 0.5) is 4.79 Å². The number of rotatable bonds is 7. The number of methoxy groups -OCH3 is 1. The van der Waals surface area contributed by atoms with Gasteiger partial charge < -0.3 is 14.4 Å². The fraction of sp³-hybridized carbons (Fsp3) is 0.850. The van der Waals surface area contributed by atoms with Crippen molar-refractivity contribution in [2.75, 3.05) is 26.7 Å². The molecule has 7 nitrogen and oxygen atoms in total. The third-order valence-corrected chi connectivity index (χ3v) is 4.62. The second kappa shape index (κ2) is 9.95. The molecule has 156 valence electrons. The summed E-state index contributed by atoms with van der Waals surface area (Å²) in [7, 11) is 1.39. The zero-order valence-corrected chi connectivity index (χ0v) is 17.8. The highest BCUT2D eigenvalue weighted by molar-refractivity contribution is 5.77. The summed E-state index contributed by atoms with van der Waals surface area (Å²) in [6.45, 7) is 11.0. The molecule has 0 N–H and O–H groups in total. The number of ether oxygens (including phenoxy) is 2. The van der Waals surface area contributed by atoms with E-state index in [0.29, 0.717) is 32.5 Å². The second-order valence-corrected chi connectivity index (χ2v) is 8.75. The van der Waals surface area contributed by atoms with Crippen molar-refractivity contribution in [3.8, 4) is 0 Å². The van der Waals surface area contributed by atoms with E-state index < -0.39 is 11.1 Å². The van der Waals surface area contributed by atoms with E-state index in [2.05, 4.69) is 4.74 Å². The minimum atomic E-state index is -0.534. The van der Waals surface area contributed by atoms with Gasteiger partial charge in [-0.3, -0.25) is 14.5 Å². The monoisotopic (exact) mass is 384 g/mol. The van der Waals surface area contributed by atoms with Crippen molar-refractivity contribution in [2.45, 2.75) is 84.3 Å². The summed E-state index contributed by atoms with van der Waals surface area (Å²) in [6, 6.07) is 0. The first-order chi connectivity index (χ1) is 12.5. The molecule has 1 saturated heterocycles. The molecular formula is C20H36N2O5. The van der Waals surface area contributed by atoms with Crippen molar-refractivity contribution in [2.24, 2.45) is 0 Å². The number of amides is 2. The number of unbranched alkanes of at least 4 members (excludes halogenated alkanes) is 3.